The molecule has 1 heterocycles. The van der Waals surface area contributed by atoms with Crippen molar-refractivity contribution in [1.82, 2.24) is 30.9 Å². The zero-order valence-electron chi connectivity index (χ0n) is 53.1. The zero-order chi connectivity index (χ0) is 67.0. The van der Waals surface area contributed by atoms with E-state index in [2.05, 4.69) is 70.6 Å². The average Bonchev–Trinajstić information content (AvgIpc) is 4.00. The van der Waals surface area contributed by atoms with Gasteiger partial charge in [-0.2, -0.15) is 0 Å². The molecule has 9 N–H and O–H groups in total. The molecule has 1 aromatic heterocycles. The number of terminal acetylenes is 1. The Balaban J connectivity index is -0.000000115. The van der Waals surface area contributed by atoms with Crippen LogP contribution in [0.1, 0.15) is 111 Å². The van der Waals surface area contributed by atoms with Crippen molar-refractivity contribution >= 4 is 47.0 Å². The number of carbonyl (C=O) groups excluding carboxylic acids is 6. The Kier molecular flexibility index (Phi) is 104. The highest BCUT2D eigenvalue weighted by Crippen LogP contribution is 1.93. The smallest absolute Gasteiger partial charge is 0.305 e. The van der Waals surface area contributed by atoms with Crippen LogP contribution in [-0.4, -0.2) is 227 Å². The van der Waals surface area contributed by atoms with Crippen LogP contribution in [0.3, 0.4) is 0 Å². The van der Waals surface area contributed by atoms with E-state index in [0.717, 1.165) is 18.5 Å². The van der Waals surface area contributed by atoms with Crippen molar-refractivity contribution in [2.75, 3.05) is 155 Å². The van der Waals surface area contributed by atoms with Crippen LogP contribution in [0.2, 0.25) is 0 Å². The number of hydrogen-bond donors (Lipinski definition) is 7. The maximum absolute atomic E-state index is 10.9. The SMILES string of the molecule is C#CCC.CC(=O)CCOCCOCCC(=O)O.CCC(=O)CCOCCOCCC(=O)NC.CCC(=O)CCOCCOCCC(=O)NC.CCc1cn(C)nn1.CN.CN.CN=[N+]=[N-].CN=[N+]=[N-].CNC(=O)CCOCCOCCC(=O)O. The summed E-state index contributed by atoms with van der Waals surface area (Å²) in [5.41, 5.74) is 24.7. The third-order valence-corrected chi connectivity index (χ3v) is 8.50. The van der Waals surface area contributed by atoms with Gasteiger partial charge in [-0.15, -0.1) is 17.4 Å². The van der Waals surface area contributed by atoms with E-state index in [0.29, 0.717) is 144 Å². The fourth-order valence-corrected chi connectivity index (χ4v) is 3.98. The lowest BCUT2D eigenvalue weighted by atomic mass is 10.2. The number of nitrogens with one attached hydrogen (secondary N) is 3. The van der Waals surface area contributed by atoms with Gasteiger partial charge in [-0.25, -0.2) is 0 Å². The van der Waals surface area contributed by atoms with Gasteiger partial charge in [-0.05, 0) is 38.5 Å². The molecule has 32 nitrogen and oxygen atoms in total. The van der Waals surface area contributed by atoms with E-state index in [1.54, 1.807) is 25.8 Å². The van der Waals surface area contributed by atoms with Gasteiger partial charge in [0.05, 0.1) is 124 Å². The molecule has 0 bridgehead atoms. The first-order valence-corrected chi connectivity index (χ1v) is 27.3. The molecule has 496 valence electrons. The van der Waals surface area contributed by atoms with Gasteiger partial charge in [0.2, 0.25) is 17.7 Å². The summed E-state index contributed by atoms with van der Waals surface area (Å²) >= 11 is 0. The van der Waals surface area contributed by atoms with Crippen LogP contribution in [0, 0.1) is 12.3 Å². The second-order valence-electron chi connectivity index (χ2n) is 15.1. The maximum atomic E-state index is 10.9. The molecule has 0 atom stereocenters. The number of aliphatic carboxylic acids is 2. The number of aromatic nitrogens is 3. The minimum absolute atomic E-state index is 0.00175. The molecule has 0 aliphatic rings. The van der Waals surface area contributed by atoms with E-state index in [-0.39, 0.29) is 61.1 Å². The van der Waals surface area contributed by atoms with E-state index in [4.69, 9.17) is 65.6 Å². The van der Waals surface area contributed by atoms with Gasteiger partial charge >= 0.3 is 11.9 Å². The molecule has 0 saturated heterocycles. The summed E-state index contributed by atoms with van der Waals surface area (Å²) in [7, 11) is 12.4. The van der Waals surface area contributed by atoms with Crippen LogP contribution in [0.15, 0.2) is 16.4 Å². The fraction of sp³-hybridized carbons (Fsp3) is 0.774. The minimum atomic E-state index is -0.879. The number of hydrogen-bond acceptors (Lipinski definition) is 22. The number of carboxylic acid groups (broad SMARTS) is 2. The summed E-state index contributed by atoms with van der Waals surface area (Å²) in [6.45, 7) is 15.3. The van der Waals surface area contributed by atoms with Crippen molar-refractivity contribution in [3.63, 3.8) is 0 Å². The molecule has 0 aromatic carbocycles. The predicted molar refractivity (Wildman–Crippen MR) is 322 cm³/mol. The molecule has 0 saturated carbocycles. The lowest BCUT2D eigenvalue weighted by Gasteiger charge is -2.04. The van der Waals surface area contributed by atoms with Gasteiger partial charge in [0.25, 0.3) is 0 Å². The first-order chi connectivity index (χ1) is 40.8. The number of aryl methyl sites for hydroxylation is 2. The van der Waals surface area contributed by atoms with Crippen LogP contribution in [0.5, 0.6) is 0 Å². The first-order valence-electron chi connectivity index (χ1n) is 27.3. The largest absolute Gasteiger partial charge is 0.481 e. The number of Topliss-reactive ketones (excluding diaryl/α,β-unsaturated/α-hetero) is 3. The fourth-order valence-electron chi connectivity index (χ4n) is 3.98. The number of ketones is 3. The van der Waals surface area contributed by atoms with Gasteiger partial charge in [-0.3, -0.25) is 43.0 Å². The van der Waals surface area contributed by atoms with Crippen molar-refractivity contribution in [2.24, 2.45) is 28.7 Å². The molecule has 0 fully saturated rings. The second kappa shape index (κ2) is 91.0. The lowest BCUT2D eigenvalue weighted by molar-refractivity contribution is -0.139. The Hall–Kier alpha value is -6.72. The Morgan fingerprint density at radius 3 is 0.953 bits per heavy atom. The number of carbonyl (C=O) groups is 8. The molecule has 0 unspecified atom stereocenters. The van der Waals surface area contributed by atoms with Crippen LogP contribution in [0.4, 0.5) is 0 Å². The summed E-state index contributed by atoms with van der Waals surface area (Å²) in [5, 5.41) is 37.5. The number of ether oxygens (including phenoxy) is 8. The Bertz CT molecular complexity index is 1710. The molecule has 0 aliphatic carbocycles. The van der Waals surface area contributed by atoms with Crippen LogP contribution >= 0.6 is 0 Å². The van der Waals surface area contributed by atoms with E-state index >= 15 is 0 Å². The molecule has 32 heteroatoms. The van der Waals surface area contributed by atoms with Gasteiger partial charge in [0, 0.05) is 116 Å². The van der Waals surface area contributed by atoms with Gasteiger partial charge in [0.1, 0.15) is 17.3 Å². The molecule has 0 spiro atoms. The number of azide groups is 2. The highest BCUT2D eigenvalue weighted by atomic mass is 16.5. The molecule has 0 aliphatic heterocycles. The third kappa shape index (κ3) is 117. The summed E-state index contributed by atoms with van der Waals surface area (Å²) < 4.78 is 42.5. The second-order valence-corrected chi connectivity index (χ2v) is 15.1. The first kappa shape index (κ1) is 97.4. The Morgan fingerprint density at radius 2 is 0.788 bits per heavy atom. The number of nitrogens with two attached hydrogens (primary N) is 2. The lowest BCUT2D eigenvalue weighted by Crippen LogP contribution is -2.20. The summed E-state index contributed by atoms with van der Waals surface area (Å²) in [6.07, 6.45) is 12.0. The third-order valence-electron chi connectivity index (χ3n) is 8.50. The number of rotatable bonds is 39. The van der Waals surface area contributed by atoms with Crippen molar-refractivity contribution in [1.29, 1.82) is 0 Å². The van der Waals surface area contributed by atoms with Gasteiger partial charge < -0.3 is 75.5 Å². The highest BCUT2D eigenvalue weighted by Gasteiger charge is 2.02. The van der Waals surface area contributed by atoms with Crippen molar-refractivity contribution in [3.05, 3.63) is 32.8 Å². The monoisotopic (exact) mass is 1230 g/mol. The van der Waals surface area contributed by atoms with Crippen molar-refractivity contribution in [3.8, 4) is 12.3 Å². The molecule has 85 heavy (non-hydrogen) atoms. The molecule has 1 rings (SSSR count). The number of nitrogens with zero attached hydrogens (tertiary/aromatic N) is 9. The summed E-state index contributed by atoms with van der Waals surface area (Å²) in [4.78, 5) is 89.5. The van der Waals surface area contributed by atoms with E-state index in [9.17, 15) is 38.4 Å². The summed E-state index contributed by atoms with van der Waals surface area (Å²) in [5.74, 6) is 1.06. The minimum Gasteiger partial charge on any atom is -0.481 e. The Morgan fingerprint density at radius 1 is 0.541 bits per heavy atom. The number of amides is 3. The normalized spacial score (nSPS) is 8.92. The van der Waals surface area contributed by atoms with E-state index in [1.165, 1.54) is 35.1 Å². The molecular formula is C53H106N14O18. The average molecular weight is 1230 g/mol. The molecule has 1 aromatic rings. The molecular weight excluding hydrogens is 1120 g/mol. The maximum Gasteiger partial charge on any atom is 0.305 e. The summed E-state index contributed by atoms with van der Waals surface area (Å²) in [6, 6.07) is 0. The molecule has 3 amide bonds. The van der Waals surface area contributed by atoms with Crippen molar-refractivity contribution in [2.45, 2.75) is 112 Å². The predicted octanol–water partition coefficient (Wildman–Crippen LogP) is 3.56. The highest BCUT2D eigenvalue weighted by molar-refractivity contribution is 5.78. The molecule has 0 radical (unpaired) electrons. The quantitative estimate of drug-likeness (QED) is 0.0163. The Labute approximate surface area is 503 Å². The van der Waals surface area contributed by atoms with E-state index < -0.39 is 11.9 Å². The standard InChI is InChI=1S/2C11H21NO4.C9H17NO5.C9H16O5.C5H9N3.C4H6.2CH3N3.2CH5N/c2*1-3-10(13)4-6-15-8-9-16-7-5-11(14)12-2;1-10-8(11)2-4-14-6-7-15-5-3-9(12)13;1-8(10)2-4-13-6-7-14-5-3-9(11)12;1-3-5-4-8(2)7-6-5;3*1-3-4-2;2*1-2/h2*3-9H2,1-2H3,(H,12,14);2-7H2,1H3,(H,10,11)(H,12,13);2-7H2,1H3,(H,11,12);4H,3H2,1-2H3;1H,4H2,2H3;2*1H3;2*2H2,1H3. The van der Waals surface area contributed by atoms with Gasteiger partial charge in [0.15, 0.2) is 0 Å². The van der Waals surface area contributed by atoms with Crippen LogP contribution in [-0.2, 0) is 89.7 Å². The number of carboxylic acids is 2. The van der Waals surface area contributed by atoms with Gasteiger partial charge in [-0.1, -0.05) is 43.1 Å². The van der Waals surface area contributed by atoms with Crippen LogP contribution in [0.25, 0.3) is 20.9 Å². The van der Waals surface area contributed by atoms with E-state index in [1.807, 2.05) is 34.0 Å². The topological polar surface area (TPSA) is 467 Å². The van der Waals surface area contributed by atoms with Crippen molar-refractivity contribution < 1.29 is 86.5 Å². The van der Waals surface area contributed by atoms with Crippen LogP contribution < -0.4 is 27.4 Å². The zero-order valence-corrected chi connectivity index (χ0v) is 53.1.